The fourth-order valence-corrected chi connectivity index (χ4v) is 3.38. The molecule has 0 saturated carbocycles. The van der Waals surface area contributed by atoms with Crippen molar-refractivity contribution in [2.75, 3.05) is 18.0 Å². The smallest absolute Gasteiger partial charge is 0.417 e. The summed E-state index contributed by atoms with van der Waals surface area (Å²) in [7, 11) is -3.70. The van der Waals surface area contributed by atoms with E-state index in [1.807, 2.05) is 60.7 Å². The van der Waals surface area contributed by atoms with Crippen LogP contribution in [0.5, 0.6) is 0 Å². The Labute approximate surface area is 187 Å². The number of H-pyrrole nitrogens is 1. The highest BCUT2D eigenvalue weighted by Crippen LogP contribution is 2.19. The van der Waals surface area contributed by atoms with Crippen molar-refractivity contribution >= 4 is 22.3 Å². The summed E-state index contributed by atoms with van der Waals surface area (Å²) in [6, 6.07) is 18.8. The molecule has 0 aliphatic carbocycles. The van der Waals surface area contributed by atoms with Gasteiger partial charge >= 0.3 is 6.09 Å². The van der Waals surface area contributed by atoms with Gasteiger partial charge in [-0.25, -0.2) is 19.6 Å². The molecule has 0 radical (unpaired) electrons. The van der Waals surface area contributed by atoms with E-state index in [0.29, 0.717) is 31.6 Å². The second kappa shape index (κ2) is 11.4. The zero-order valence-electron chi connectivity index (χ0n) is 17.5. The summed E-state index contributed by atoms with van der Waals surface area (Å²) in [5.74, 6) is 0.753. The van der Waals surface area contributed by atoms with Crippen LogP contribution in [0.1, 0.15) is 24.8 Å². The summed E-state index contributed by atoms with van der Waals surface area (Å²) in [6.45, 7) is 0.676. The molecule has 32 heavy (non-hydrogen) atoms. The minimum Gasteiger partial charge on any atom is -0.444 e. The average molecular weight is 459 g/mol. The van der Waals surface area contributed by atoms with E-state index >= 15 is 0 Å². The van der Waals surface area contributed by atoms with Crippen LogP contribution in [0, 0.1) is 0 Å². The molecule has 3 rings (SSSR count). The number of nitrogens with zero attached hydrogens (tertiary/aromatic N) is 3. The van der Waals surface area contributed by atoms with Gasteiger partial charge in [-0.05, 0) is 18.4 Å². The first kappa shape index (κ1) is 23.4. The lowest BCUT2D eigenvalue weighted by atomic mass is 10.2. The molecular weight excluding hydrogens is 432 g/mol. The van der Waals surface area contributed by atoms with Crippen LogP contribution in [-0.4, -0.2) is 42.8 Å². The van der Waals surface area contributed by atoms with Gasteiger partial charge in [0, 0.05) is 18.7 Å². The first-order valence-electron chi connectivity index (χ1n) is 10.2. The van der Waals surface area contributed by atoms with Crippen molar-refractivity contribution in [1.82, 2.24) is 19.9 Å². The van der Waals surface area contributed by atoms with Crippen molar-refractivity contribution < 1.29 is 17.9 Å². The predicted molar refractivity (Wildman–Crippen MR) is 121 cm³/mol. The van der Waals surface area contributed by atoms with Gasteiger partial charge in [-0.1, -0.05) is 67.1 Å². The maximum Gasteiger partial charge on any atom is 0.417 e. The summed E-state index contributed by atoms with van der Waals surface area (Å²) >= 11 is 0. The standard InChI is InChI=1S/C21H26N6O4S/c22-32(29,30)23-14-8-3-9-15-27(21(28)31-16-17-10-4-1-5-11-17)20-24-19(25-26-20)18-12-6-2-7-13-18/h1-2,4-7,10-13,23H,3,8-9,14-16H2,(H2,22,29,30)(H,24,25,26). The van der Waals surface area contributed by atoms with Crippen molar-refractivity contribution in [3.05, 3.63) is 66.2 Å². The number of ether oxygens (including phenoxy) is 1. The third kappa shape index (κ3) is 7.45. The normalized spacial score (nSPS) is 11.3. The Kier molecular flexibility index (Phi) is 8.31. The van der Waals surface area contributed by atoms with Gasteiger partial charge in [0.1, 0.15) is 6.61 Å². The summed E-state index contributed by atoms with van der Waals surface area (Å²) < 4.78 is 29.6. The molecule has 170 valence electrons. The quantitative estimate of drug-likeness (QED) is 0.377. The van der Waals surface area contributed by atoms with E-state index < -0.39 is 16.3 Å². The van der Waals surface area contributed by atoms with Crippen molar-refractivity contribution in [3.63, 3.8) is 0 Å². The Bertz CT molecular complexity index is 1090. The van der Waals surface area contributed by atoms with E-state index in [4.69, 9.17) is 9.88 Å². The van der Waals surface area contributed by atoms with E-state index in [2.05, 4.69) is 19.9 Å². The molecule has 0 fully saturated rings. The number of amides is 1. The van der Waals surface area contributed by atoms with Crippen molar-refractivity contribution in [3.8, 4) is 11.4 Å². The van der Waals surface area contributed by atoms with Gasteiger partial charge in [0.2, 0.25) is 0 Å². The fraction of sp³-hybridized carbons (Fsp3) is 0.286. The molecule has 1 amide bonds. The number of aromatic amines is 1. The number of hydrogen-bond acceptors (Lipinski definition) is 6. The second-order valence-electron chi connectivity index (χ2n) is 7.04. The van der Waals surface area contributed by atoms with E-state index in [9.17, 15) is 13.2 Å². The number of benzene rings is 2. The Morgan fingerprint density at radius 2 is 1.72 bits per heavy atom. The molecule has 3 aromatic rings. The summed E-state index contributed by atoms with van der Waals surface area (Å²) in [5, 5.41) is 12.0. The Morgan fingerprint density at radius 1 is 1.03 bits per heavy atom. The number of nitrogens with two attached hydrogens (primary N) is 1. The molecule has 1 heterocycles. The van der Waals surface area contributed by atoms with E-state index in [0.717, 1.165) is 11.1 Å². The molecule has 0 aliphatic heterocycles. The highest BCUT2D eigenvalue weighted by molar-refractivity contribution is 7.87. The summed E-state index contributed by atoms with van der Waals surface area (Å²) in [6.07, 6.45) is 1.28. The molecule has 0 bridgehead atoms. The first-order valence-corrected chi connectivity index (χ1v) is 11.7. The van der Waals surface area contributed by atoms with Gasteiger partial charge in [0.25, 0.3) is 16.2 Å². The van der Waals surface area contributed by atoms with Crippen LogP contribution in [0.15, 0.2) is 60.7 Å². The average Bonchev–Trinajstić information content (AvgIpc) is 3.27. The monoisotopic (exact) mass is 458 g/mol. The number of nitrogens with one attached hydrogen (secondary N) is 2. The molecule has 0 spiro atoms. The van der Waals surface area contributed by atoms with Crippen LogP contribution in [0.4, 0.5) is 10.7 Å². The number of carbonyl (C=O) groups excluding carboxylic acids is 1. The number of carbonyl (C=O) groups is 1. The molecular formula is C21H26N6O4S. The van der Waals surface area contributed by atoms with Crippen molar-refractivity contribution in [1.29, 1.82) is 0 Å². The molecule has 4 N–H and O–H groups in total. The molecule has 1 aromatic heterocycles. The Balaban J connectivity index is 1.63. The minimum absolute atomic E-state index is 0.129. The molecule has 0 atom stereocenters. The molecule has 0 aliphatic rings. The minimum atomic E-state index is -3.70. The number of anilines is 1. The second-order valence-corrected chi connectivity index (χ2v) is 8.42. The highest BCUT2D eigenvalue weighted by atomic mass is 32.2. The third-order valence-corrected chi connectivity index (χ3v) is 5.16. The van der Waals surface area contributed by atoms with E-state index in [1.54, 1.807) is 0 Å². The zero-order valence-corrected chi connectivity index (χ0v) is 18.3. The van der Waals surface area contributed by atoms with Crippen LogP contribution >= 0.6 is 0 Å². The lowest BCUT2D eigenvalue weighted by molar-refractivity contribution is 0.146. The first-order chi connectivity index (χ1) is 15.4. The maximum atomic E-state index is 12.8. The highest BCUT2D eigenvalue weighted by Gasteiger charge is 2.22. The molecule has 2 aromatic carbocycles. The lowest BCUT2D eigenvalue weighted by Crippen LogP contribution is -2.34. The van der Waals surface area contributed by atoms with Crippen LogP contribution in [0.2, 0.25) is 0 Å². The SMILES string of the molecule is NS(=O)(=O)NCCCCCN(C(=O)OCc1ccccc1)c1n[nH]c(-c2ccccc2)n1. The molecule has 0 unspecified atom stereocenters. The molecule has 0 saturated heterocycles. The topological polar surface area (TPSA) is 143 Å². The lowest BCUT2D eigenvalue weighted by Gasteiger charge is -2.18. The third-order valence-electron chi connectivity index (χ3n) is 4.55. The van der Waals surface area contributed by atoms with Crippen molar-refractivity contribution in [2.45, 2.75) is 25.9 Å². The summed E-state index contributed by atoms with van der Waals surface area (Å²) in [4.78, 5) is 18.6. The van der Waals surface area contributed by atoms with Gasteiger partial charge in [-0.2, -0.15) is 13.4 Å². The number of hydrogen-bond donors (Lipinski definition) is 3. The van der Waals surface area contributed by atoms with Gasteiger partial charge in [0.05, 0.1) is 0 Å². The zero-order chi connectivity index (χ0) is 22.8. The van der Waals surface area contributed by atoms with Crippen LogP contribution in [0.25, 0.3) is 11.4 Å². The number of rotatable bonds is 11. The van der Waals surface area contributed by atoms with Crippen molar-refractivity contribution in [2.24, 2.45) is 5.14 Å². The van der Waals surface area contributed by atoms with Crippen LogP contribution in [0.3, 0.4) is 0 Å². The predicted octanol–water partition coefficient (Wildman–Crippen LogP) is 2.58. The maximum absolute atomic E-state index is 12.8. The van der Waals surface area contributed by atoms with Gasteiger partial charge in [-0.15, -0.1) is 5.10 Å². The van der Waals surface area contributed by atoms with Gasteiger partial charge < -0.3 is 4.74 Å². The summed E-state index contributed by atoms with van der Waals surface area (Å²) in [5.41, 5.74) is 1.72. The van der Waals surface area contributed by atoms with E-state index in [1.165, 1.54) is 4.90 Å². The molecule has 11 heteroatoms. The number of unbranched alkanes of at least 4 members (excludes halogenated alkanes) is 2. The van der Waals surface area contributed by atoms with Crippen LogP contribution in [-0.2, 0) is 21.6 Å². The Morgan fingerprint density at radius 3 is 2.41 bits per heavy atom. The number of aromatic nitrogens is 3. The van der Waals surface area contributed by atoms with Crippen LogP contribution < -0.4 is 14.8 Å². The Hall–Kier alpha value is -3.28. The van der Waals surface area contributed by atoms with Gasteiger partial charge in [-0.3, -0.25) is 5.10 Å². The van der Waals surface area contributed by atoms with E-state index in [-0.39, 0.29) is 19.1 Å². The van der Waals surface area contributed by atoms with Gasteiger partial charge in [0.15, 0.2) is 5.82 Å². The fourth-order valence-electron chi connectivity index (χ4n) is 2.96. The largest absolute Gasteiger partial charge is 0.444 e. The molecule has 10 nitrogen and oxygen atoms in total.